The van der Waals surface area contributed by atoms with Crippen molar-refractivity contribution in [3.63, 3.8) is 0 Å². The van der Waals surface area contributed by atoms with E-state index in [0.717, 1.165) is 11.1 Å². The molecule has 1 unspecified atom stereocenters. The van der Waals surface area contributed by atoms with Crippen LogP contribution in [0.15, 0.2) is 59.5 Å². The standard InChI is InChI=1S/C21H25NO4S/c1-17-9-11-21(12-10-17)27(24,25)22-15-20(23)14-19(22)8-5-13-26-16-18-6-3-2-4-7-18/h2-4,6-7,9-12,19H,5,8,13-16H2,1H3. The van der Waals surface area contributed by atoms with Crippen LogP contribution in [0.3, 0.4) is 0 Å². The third-order valence-electron chi connectivity index (χ3n) is 4.77. The predicted octanol–water partition coefficient (Wildman–Crippen LogP) is 3.32. The van der Waals surface area contributed by atoms with Gasteiger partial charge in [-0.05, 0) is 37.5 Å². The van der Waals surface area contributed by atoms with Crippen molar-refractivity contribution in [1.82, 2.24) is 4.31 Å². The Balaban J connectivity index is 1.56. The van der Waals surface area contributed by atoms with Gasteiger partial charge in [0, 0.05) is 19.1 Å². The van der Waals surface area contributed by atoms with E-state index in [2.05, 4.69) is 0 Å². The molecule has 1 aliphatic rings. The van der Waals surface area contributed by atoms with Gasteiger partial charge >= 0.3 is 0 Å². The van der Waals surface area contributed by atoms with E-state index in [1.54, 1.807) is 24.3 Å². The van der Waals surface area contributed by atoms with E-state index >= 15 is 0 Å². The number of aryl methyl sites for hydroxylation is 1. The fourth-order valence-corrected chi connectivity index (χ4v) is 4.93. The number of rotatable bonds is 8. The number of ether oxygens (including phenoxy) is 1. The summed E-state index contributed by atoms with van der Waals surface area (Å²) in [5.41, 5.74) is 2.11. The first-order chi connectivity index (χ1) is 13.0. The Kier molecular flexibility index (Phi) is 6.42. The smallest absolute Gasteiger partial charge is 0.243 e. The Bertz CT molecular complexity index is 863. The Labute approximate surface area is 161 Å². The molecule has 1 heterocycles. The zero-order chi connectivity index (χ0) is 19.3. The zero-order valence-electron chi connectivity index (χ0n) is 15.5. The van der Waals surface area contributed by atoms with Gasteiger partial charge in [-0.3, -0.25) is 4.79 Å². The molecule has 0 saturated carbocycles. The molecule has 0 aliphatic carbocycles. The highest BCUT2D eigenvalue weighted by molar-refractivity contribution is 7.89. The van der Waals surface area contributed by atoms with Crippen LogP contribution in [0.2, 0.25) is 0 Å². The molecule has 1 atom stereocenters. The van der Waals surface area contributed by atoms with Gasteiger partial charge in [-0.25, -0.2) is 8.42 Å². The number of benzene rings is 2. The maximum Gasteiger partial charge on any atom is 0.243 e. The summed E-state index contributed by atoms with van der Waals surface area (Å²) in [5, 5.41) is 0. The van der Waals surface area contributed by atoms with Gasteiger partial charge in [0.15, 0.2) is 0 Å². The van der Waals surface area contributed by atoms with Crippen molar-refractivity contribution in [2.45, 2.75) is 43.7 Å². The number of hydrogen-bond donors (Lipinski definition) is 0. The lowest BCUT2D eigenvalue weighted by Crippen LogP contribution is -2.36. The Morgan fingerprint density at radius 2 is 1.78 bits per heavy atom. The minimum atomic E-state index is -3.65. The third-order valence-corrected chi connectivity index (χ3v) is 6.68. The predicted molar refractivity (Wildman–Crippen MR) is 104 cm³/mol. The molecule has 6 heteroatoms. The normalized spacial score (nSPS) is 18.1. The molecular weight excluding hydrogens is 362 g/mol. The molecule has 1 aliphatic heterocycles. The second kappa shape index (κ2) is 8.78. The number of carbonyl (C=O) groups is 1. The summed E-state index contributed by atoms with van der Waals surface area (Å²) in [5.74, 6) is -0.0270. The summed E-state index contributed by atoms with van der Waals surface area (Å²) in [7, 11) is -3.65. The van der Waals surface area contributed by atoms with Crippen molar-refractivity contribution in [3.05, 3.63) is 65.7 Å². The summed E-state index contributed by atoms with van der Waals surface area (Å²) < 4.78 is 32.9. The minimum Gasteiger partial charge on any atom is -0.377 e. The van der Waals surface area contributed by atoms with Gasteiger partial charge in [-0.15, -0.1) is 0 Å². The second-order valence-corrected chi connectivity index (χ2v) is 8.83. The second-order valence-electron chi connectivity index (χ2n) is 6.94. The minimum absolute atomic E-state index is 0.0270. The van der Waals surface area contributed by atoms with Crippen LogP contribution in [0.5, 0.6) is 0 Å². The Morgan fingerprint density at radius 3 is 2.48 bits per heavy atom. The van der Waals surface area contributed by atoms with Gasteiger partial charge < -0.3 is 4.74 Å². The number of ketones is 1. The van der Waals surface area contributed by atoms with E-state index < -0.39 is 10.0 Å². The van der Waals surface area contributed by atoms with Crippen LogP contribution in [0, 0.1) is 6.92 Å². The average molecular weight is 388 g/mol. The van der Waals surface area contributed by atoms with Gasteiger partial charge in [0.25, 0.3) is 0 Å². The van der Waals surface area contributed by atoms with E-state index in [1.807, 2.05) is 37.3 Å². The van der Waals surface area contributed by atoms with Crippen LogP contribution in [-0.4, -0.2) is 37.7 Å². The van der Waals surface area contributed by atoms with E-state index in [1.165, 1.54) is 4.31 Å². The van der Waals surface area contributed by atoms with Crippen LogP contribution in [-0.2, 0) is 26.2 Å². The van der Waals surface area contributed by atoms with E-state index in [0.29, 0.717) is 26.1 Å². The molecule has 27 heavy (non-hydrogen) atoms. The molecule has 2 aromatic carbocycles. The Morgan fingerprint density at radius 1 is 1.07 bits per heavy atom. The number of carbonyl (C=O) groups excluding carboxylic acids is 1. The molecule has 0 aromatic heterocycles. The van der Waals surface area contributed by atoms with Crippen LogP contribution in [0.25, 0.3) is 0 Å². The molecule has 0 radical (unpaired) electrons. The fraction of sp³-hybridized carbons (Fsp3) is 0.381. The summed E-state index contributed by atoms with van der Waals surface area (Å²) in [6.45, 7) is 2.95. The van der Waals surface area contributed by atoms with Crippen molar-refractivity contribution in [1.29, 1.82) is 0 Å². The van der Waals surface area contributed by atoms with Crippen LogP contribution in [0.1, 0.15) is 30.4 Å². The summed E-state index contributed by atoms with van der Waals surface area (Å²) in [6, 6.07) is 16.4. The van der Waals surface area contributed by atoms with E-state index in [9.17, 15) is 13.2 Å². The topological polar surface area (TPSA) is 63.7 Å². The molecule has 1 fully saturated rings. The SMILES string of the molecule is Cc1ccc(S(=O)(=O)N2CC(=O)CC2CCCOCc2ccccc2)cc1. The van der Waals surface area contributed by atoms with Gasteiger partial charge in [-0.2, -0.15) is 4.31 Å². The van der Waals surface area contributed by atoms with Gasteiger partial charge in [-0.1, -0.05) is 48.0 Å². The summed E-state index contributed by atoms with van der Waals surface area (Å²) in [6.07, 6.45) is 1.61. The number of hydrogen-bond acceptors (Lipinski definition) is 4. The molecule has 0 amide bonds. The van der Waals surface area contributed by atoms with Crippen molar-refractivity contribution < 1.29 is 17.9 Å². The monoisotopic (exact) mass is 387 g/mol. The molecular formula is C21H25NO4S. The van der Waals surface area contributed by atoms with Crippen molar-refractivity contribution in [3.8, 4) is 0 Å². The average Bonchev–Trinajstić information content (AvgIpc) is 3.04. The van der Waals surface area contributed by atoms with Crippen LogP contribution < -0.4 is 0 Å². The largest absolute Gasteiger partial charge is 0.377 e. The third kappa shape index (κ3) is 5.03. The lowest BCUT2D eigenvalue weighted by atomic mass is 10.1. The van der Waals surface area contributed by atoms with Gasteiger partial charge in [0.05, 0.1) is 18.0 Å². The summed E-state index contributed by atoms with van der Waals surface area (Å²) >= 11 is 0. The van der Waals surface area contributed by atoms with Crippen molar-refractivity contribution in [2.24, 2.45) is 0 Å². The zero-order valence-corrected chi connectivity index (χ0v) is 16.3. The van der Waals surface area contributed by atoms with Crippen molar-refractivity contribution in [2.75, 3.05) is 13.2 Å². The van der Waals surface area contributed by atoms with Gasteiger partial charge in [0.1, 0.15) is 5.78 Å². The molecule has 5 nitrogen and oxygen atoms in total. The molecule has 144 valence electrons. The highest BCUT2D eigenvalue weighted by Crippen LogP contribution is 2.27. The first-order valence-corrected chi connectivity index (χ1v) is 10.6. The number of nitrogens with zero attached hydrogens (tertiary/aromatic N) is 1. The molecule has 1 saturated heterocycles. The lowest BCUT2D eigenvalue weighted by molar-refractivity contribution is -0.116. The van der Waals surface area contributed by atoms with Crippen molar-refractivity contribution >= 4 is 15.8 Å². The number of sulfonamides is 1. The molecule has 0 N–H and O–H groups in total. The van der Waals surface area contributed by atoms with Crippen LogP contribution in [0.4, 0.5) is 0 Å². The number of Topliss-reactive ketones (excluding diaryl/α,β-unsaturated/α-hetero) is 1. The Hall–Kier alpha value is -2.02. The van der Waals surface area contributed by atoms with Crippen LogP contribution >= 0.6 is 0 Å². The molecule has 0 bridgehead atoms. The highest BCUT2D eigenvalue weighted by atomic mass is 32.2. The first kappa shape index (κ1) is 19.7. The molecule has 0 spiro atoms. The highest BCUT2D eigenvalue weighted by Gasteiger charge is 2.38. The first-order valence-electron chi connectivity index (χ1n) is 9.19. The quantitative estimate of drug-likeness (QED) is 0.652. The maximum absolute atomic E-state index is 12.9. The molecule has 3 rings (SSSR count). The lowest BCUT2D eigenvalue weighted by Gasteiger charge is -2.23. The van der Waals surface area contributed by atoms with Gasteiger partial charge in [0.2, 0.25) is 10.0 Å². The van der Waals surface area contributed by atoms with E-state index in [4.69, 9.17) is 4.74 Å². The maximum atomic E-state index is 12.9. The summed E-state index contributed by atoms with van der Waals surface area (Å²) in [4.78, 5) is 12.2. The van der Waals surface area contributed by atoms with E-state index in [-0.39, 0.29) is 29.7 Å². The molecule has 2 aromatic rings. The fourth-order valence-electron chi connectivity index (χ4n) is 3.29.